The minimum atomic E-state index is 1.19. The molecular formula is C22H28. The molecule has 0 heterocycles. The molecule has 0 bridgehead atoms. The Morgan fingerprint density at radius 2 is 1.50 bits per heavy atom. The van der Waals surface area contributed by atoms with E-state index >= 15 is 0 Å². The van der Waals surface area contributed by atoms with Crippen LogP contribution in [0.25, 0.3) is 16.7 Å². The van der Waals surface area contributed by atoms with Crippen LogP contribution in [0.3, 0.4) is 0 Å². The fraction of sp³-hybridized carbons (Fsp3) is 0.182. The first-order valence-electron chi connectivity index (χ1n) is 7.72. The van der Waals surface area contributed by atoms with Gasteiger partial charge in [0, 0.05) is 0 Å². The number of allylic oxidation sites excluding steroid dienone is 3. The lowest BCUT2D eigenvalue weighted by Crippen LogP contribution is -1.90. The van der Waals surface area contributed by atoms with Crippen molar-refractivity contribution in [3.8, 4) is 11.1 Å². The molecule has 0 radical (unpaired) electrons. The summed E-state index contributed by atoms with van der Waals surface area (Å²) in [6.07, 6.45) is 4.02. The Kier molecular flexibility index (Phi) is 10.1. The van der Waals surface area contributed by atoms with Crippen molar-refractivity contribution in [2.24, 2.45) is 0 Å². The zero-order valence-electron chi connectivity index (χ0n) is 14.4. The van der Waals surface area contributed by atoms with Gasteiger partial charge in [0.05, 0.1) is 0 Å². The van der Waals surface area contributed by atoms with Gasteiger partial charge in [-0.05, 0) is 41.7 Å². The van der Waals surface area contributed by atoms with E-state index in [0.29, 0.717) is 0 Å². The average molecular weight is 292 g/mol. The third kappa shape index (κ3) is 4.89. The van der Waals surface area contributed by atoms with Crippen LogP contribution in [0, 0.1) is 6.92 Å². The van der Waals surface area contributed by atoms with E-state index in [0.717, 1.165) is 0 Å². The van der Waals surface area contributed by atoms with Crippen LogP contribution in [-0.2, 0) is 0 Å². The molecule has 0 fully saturated rings. The van der Waals surface area contributed by atoms with E-state index < -0.39 is 0 Å². The monoisotopic (exact) mass is 292 g/mol. The number of rotatable bonds is 3. The lowest BCUT2D eigenvalue weighted by atomic mass is 9.92. The van der Waals surface area contributed by atoms with E-state index in [4.69, 9.17) is 0 Å². The summed E-state index contributed by atoms with van der Waals surface area (Å²) in [4.78, 5) is 0. The van der Waals surface area contributed by atoms with E-state index in [1.54, 1.807) is 0 Å². The minimum absolute atomic E-state index is 1.19. The number of hydrogen-bond acceptors (Lipinski definition) is 0. The maximum absolute atomic E-state index is 3.88. The molecule has 0 atom stereocenters. The van der Waals surface area contributed by atoms with Crippen molar-refractivity contribution in [2.45, 2.75) is 27.7 Å². The smallest absolute Gasteiger partial charge is 0.0149 e. The Hall–Kier alpha value is -2.34. The molecule has 0 spiro atoms. The molecule has 2 aromatic rings. The lowest BCUT2D eigenvalue weighted by molar-refractivity contribution is 1.41. The Bertz CT molecular complexity index is 589. The second-order valence-corrected chi connectivity index (χ2v) is 4.29. The summed E-state index contributed by atoms with van der Waals surface area (Å²) in [7, 11) is 0. The molecule has 0 aliphatic heterocycles. The Morgan fingerprint density at radius 3 is 2.00 bits per heavy atom. The van der Waals surface area contributed by atoms with Crippen LogP contribution in [0.15, 0.2) is 80.4 Å². The van der Waals surface area contributed by atoms with Gasteiger partial charge >= 0.3 is 0 Å². The first-order valence-corrected chi connectivity index (χ1v) is 7.72. The summed E-state index contributed by atoms with van der Waals surface area (Å²) < 4.78 is 0. The summed E-state index contributed by atoms with van der Waals surface area (Å²) in [6, 6.07) is 16.9. The fourth-order valence-electron chi connectivity index (χ4n) is 2.26. The molecule has 116 valence electrons. The zero-order valence-corrected chi connectivity index (χ0v) is 14.4. The predicted octanol–water partition coefficient (Wildman–Crippen LogP) is 7.08. The third-order valence-corrected chi connectivity index (χ3v) is 3.26. The summed E-state index contributed by atoms with van der Waals surface area (Å²) in [6.45, 7) is 18.1. The number of benzene rings is 2. The van der Waals surface area contributed by atoms with Crippen LogP contribution in [0.5, 0.6) is 0 Å². The van der Waals surface area contributed by atoms with Crippen molar-refractivity contribution in [1.29, 1.82) is 0 Å². The third-order valence-electron chi connectivity index (χ3n) is 3.26. The van der Waals surface area contributed by atoms with E-state index in [1.807, 2.05) is 32.9 Å². The Balaban J connectivity index is 0.00000102. The summed E-state index contributed by atoms with van der Waals surface area (Å²) in [5, 5.41) is 0. The van der Waals surface area contributed by atoms with Crippen LogP contribution in [0.2, 0.25) is 0 Å². The predicted molar refractivity (Wildman–Crippen MR) is 103 cm³/mol. The van der Waals surface area contributed by atoms with Crippen molar-refractivity contribution < 1.29 is 0 Å². The maximum atomic E-state index is 3.88. The van der Waals surface area contributed by atoms with Gasteiger partial charge in [0.15, 0.2) is 0 Å². The molecule has 0 N–H and O–H groups in total. The van der Waals surface area contributed by atoms with Gasteiger partial charge < -0.3 is 0 Å². The molecule has 0 saturated carbocycles. The SMILES string of the molecule is C=C.C=C/C(=C\C)c1cccc(-c2ccccc2)c1C.CC. The summed E-state index contributed by atoms with van der Waals surface area (Å²) in [5.41, 5.74) is 6.29. The van der Waals surface area contributed by atoms with Gasteiger partial charge in [-0.2, -0.15) is 0 Å². The van der Waals surface area contributed by atoms with Crippen molar-refractivity contribution in [3.05, 3.63) is 91.5 Å². The van der Waals surface area contributed by atoms with E-state index in [1.165, 1.54) is 27.8 Å². The maximum Gasteiger partial charge on any atom is -0.0149 e. The summed E-state index contributed by atoms with van der Waals surface area (Å²) in [5.74, 6) is 0. The summed E-state index contributed by atoms with van der Waals surface area (Å²) >= 11 is 0. The van der Waals surface area contributed by atoms with Crippen molar-refractivity contribution in [1.82, 2.24) is 0 Å². The van der Waals surface area contributed by atoms with Crippen LogP contribution in [0.1, 0.15) is 31.9 Å². The topological polar surface area (TPSA) is 0 Å². The first-order chi connectivity index (χ1) is 10.8. The van der Waals surface area contributed by atoms with Gasteiger partial charge in [-0.15, -0.1) is 13.2 Å². The van der Waals surface area contributed by atoms with Crippen molar-refractivity contribution in [2.75, 3.05) is 0 Å². The highest BCUT2D eigenvalue weighted by atomic mass is 14.1. The van der Waals surface area contributed by atoms with Gasteiger partial charge in [-0.25, -0.2) is 0 Å². The first kappa shape index (κ1) is 19.7. The second kappa shape index (κ2) is 11.3. The van der Waals surface area contributed by atoms with Crippen LogP contribution in [-0.4, -0.2) is 0 Å². The largest absolute Gasteiger partial charge is 0.106 e. The standard InChI is InChI=1S/C18H18.C2H6.C2H4/c1-4-15(5-2)17-12-9-13-18(14(17)3)16-10-7-6-8-11-16;2*1-2/h4-13H,1H2,2-3H3;1-2H3;1-2H2/b15-5+;;. The van der Waals surface area contributed by atoms with Crippen molar-refractivity contribution in [3.63, 3.8) is 0 Å². The lowest BCUT2D eigenvalue weighted by Gasteiger charge is -2.12. The van der Waals surface area contributed by atoms with Gasteiger partial charge in [0.1, 0.15) is 0 Å². The normalized spacial score (nSPS) is 9.73. The highest BCUT2D eigenvalue weighted by molar-refractivity contribution is 5.80. The number of hydrogen-bond donors (Lipinski definition) is 0. The van der Waals surface area contributed by atoms with Gasteiger partial charge in [-0.1, -0.05) is 81.1 Å². The Labute approximate surface area is 136 Å². The van der Waals surface area contributed by atoms with Gasteiger partial charge in [0.2, 0.25) is 0 Å². The molecule has 22 heavy (non-hydrogen) atoms. The van der Waals surface area contributed by atoms with E-state index in [-0.39, 0.29) is 0 Å². The zero-order chi connectivity index (χ0) is 17.0. The molecule has 0 saturated heterocycles. The molecule has 0 unspecified atom stereocenters. The molecule has 0 nitrogen and oxygen atoms in total. The highest BCUT2D eigenvalue weighted by Crippen LogP contribution is 2.29. The van der Waals surface area contributed by atoms with Gasteiger partial charge in [-0.3, -0.25) is 0 Å². The molecule has 0 aromatic heterocycles. The molecule has 0 heteroatoms. The van der Waals surface area contributed by atoms with Crippen LogP contribution >= 0.6 is 0 Å². The molecule has 2 rings (SSSR count). The average Bonchev–Trinajstić information content (AvgIpc) is 2.62. The van der Waals surface area contributed by atoms with Crippen LogP contribution < -0.4 is 0 Å². The fourth-order valence-corrected chi connectivity index (χ4v) is 2.26. The highest BCUT2D eigenvalue weighted by Gasteiger charge is 2.07. The van der Waals surface area contributed by atoms with Crippen molar-refractivity contribution >= 4 is 5.57 Å². The minimum Gasteiger partial charge on any atom is -0.106 e. The van der Waals surface area contributed by atoms with E-state index in [9.17, 15) is 0 Å². The quantitative estimate of drug-likeness (QED) is 0.419. The molecule has 0 aliphatic rings. The molecule has 0 aliphatic carbocycles. The molecular weight excluding hydrogens is 264 g/mol. The Morgan fingerprint density at radius 1 is 0.909 bits per heavy atom. The van der Waals surface area contributed by atoms with E-state index in [2.05, 4.69) is 75.2 Å². The molecule has 0 amide bonds. The van der Waals surface area contributed by atoms with Crippen LogP contribution in [0.4, 0.5) is 0 Å². The second-order valence-electron chi connectivity index (χ2n) is 4.29. The molecule has 2 aromatic carbocycles. The van der Waals surface area contributed by atoms with Gasteiger partial charge in [0.25, 0.3) is 0 Å².